The van der Waals surface area contributed by atoms with Crippen LogP contribution in [-0.4, -0.2) is 119 Å². The zero-order valence-electron chi connectivity index (χ0n) is 37.2. The fourth-order valence-electron chi connectivity index (χ4n) is 6.25. The van der Waals surface area contributed by atoms with E-state index in [9.17, 15) is 19.2 Å². The van der Waals surface area contributed by atoms with Crippen molar-refractivity contribution in [3.63, 3.8) is 0 Å². The number of amides is 6. The quantitative estimate of drug-likeness (QED) is 0.0348. The molecule has 0 rings (SSSR count). The summed E-state index contributed by atoms with van der Waals surface area (Å²) in [6.07, 6.45) is 8.15. The molecule has 0 radical (unpaired) electrons. The number of carbonyl (C=O) groups excluding carboxylic acids is 4. The van der Waals surface area contributed by atoms with Gasteiger partial charge in [0.15, 0.2) is 0 Å². The molecule has 0 bridgehead atoms. The van der Waals surface area contributed by atoms with Crippen LogP contribution in [0, 0.1) is 11.8 Å². The van der Waals surface area contributed by atoms with Gasteiger partial charge in [-0.1, -0.05) is 59.8 Å². The maximum Gasteiger partial charge on any atom is 0.500 e. The van der Waals surface area contributed by atoms with E-state index >= 15 is 0 Å². The minimum Gasteiger partial charge on any atom is -0.374 e. The standard InChI is InChI=1S/C39H82N6O10Si2/c1-11-50-56(51-12-2,52-13-3)30-24-28-42-38(48)44-34(32(7)8)36(46)40-26-22-20-18-17-19-21-23-27-41-37(47)35(33(9)10)45-39(49)43-29-25-31-57(53-14-4,54-15-5)55-16-6/h32-35H,11-31H2,1-10H3,(H,40,46)(H,41,47)(H2,42,44,48)(H2,43,45,49)/t34-,35-/m0/s1. The minimum absolute atomic E-state index is 0.0709. The molecule has 0 saturated heterocycles. The summed E-state index contributed by atoms with van der Waals surface area (Å²) < 4.78 is 35.2. The van der Waals surface area contributed by atoms with E-state index in [4.69, 9.17) is 26.6 Å². The summed E-state index contributed by atoms with van der Waals surface area (Å²) in [5.41, 5.74) is 0. The molecule has 0 fully saturated rings. The molecule has 0 aromatic rings. The number of hydrogen-bond acceptors (Lipinski definition) is 10. The summed E-state index contributed by atoms with van der Waals surface area (Å²) in [6, 6.07) is -0.837. The normalized spacial score (nSPS) is 13.0. The van der Waals surface area contributed by atoms with Crippen molar-refractivity contribution in [1.29, 1.82) is 0 Å². The number of rotatable bonds is 36. The van der Waals surface area contributed by atoms with E-state index in [0.717, 1.165) is 44.9 Å². The lowest BCUT2D eigenvalue weighted by Crippen LogP contribution is -2.53. The maximum absolute atomic E-state index is 12.9. The first kappa shape index (κ1) is 54.7. The van der Waals surface area contributed by atoms with Crippen molar-refractivity contribution in [2.24, 2.45) is 11.8 Å². The van der Waals surface area contributed by atoms with E-state index in [1.54, 1.807) is 0 Å². The van der Waals surface area contributed by atoms with Crippen LogP contribution >= 0.6 is 0 Å². The molecule has 0 aliphatic rings. The van der Waals surface area contributed by atoms with Crippen LogP contribution < -0.4 is 31.9 Å². The highest BCUT2D eigenvalue weighted by molar-refractivity contribution is 6.61. The molecular weight excluding hydrogens is 769 g/mol. The van der Waals surface area contributed by atoms with Gasteiger partial charge in [0.1, 0.15) is 12.1 Å². The molecule has 0 unspecified atom stereocenters. The van der Waals surface area contributed by atoms with E-state index in [1.807, 2.05) is 69.2 Å². The topological polar surface area (TPSA) is 196 Å². The summed E-state index contributed by atoms with van der Waals surface area (Å²) in [5, 5.41) is 17.3. The van der Waals surface area contributed by atoms with Crippen LogP contribution in [0.2, 0.25) is 12.1 Å². The van der Waals surface area contributed by atoms with Crippen molar-refractivity contribution in [2.75, 3.05) is 65.8 Å². The van der Waals surface area contributed by atoms with Crippen molar-refractivity contribution in [1.82, 2.24) is 31.9 Å². The summed E-state index contributed by atoms with van der Waals surface area (Å²) >= 11 is 0. The van der Waals surface area contributed by atoms with E-state index < -0.39 is 29.7 Å². The van der Waals surface area contributed by atoms with Crippen molar-refractivity contribution in [3.05, 3.63) is 0 Å². The van der Waals surface area contributed by atoms with Crippen LogP contribution in [-0.2, 0) is 36.1 Å². The van der Waals surface area contributed by atoms with Crippen LogP contribution in [0.15, 0.2) is 0 Å². The lowest BCUT2D eigenvalue weighted by molar-refractivity contribution is -0.124. The number of urea groups is 2. The van der Waals surface area contributed by atoms with Gasteiger partial charge in [-0.05, 0) is 79.1 Å². The van der Waals surface area contributed by atoms with E-state index in [1.165, 1.54) is 0 Å². The fourth-order valence-corrected chi connectivity index (χ4v) is 11.5. The van der Waals surface area contributed by atoms with Crippen LogP contribution in [0.5, 0.6) is 0 Å². The van der Waals surface area contributed by atoms with E-state index in [2.05, 4.69) is 31.9 Å². The highest BCUT2D eigenvalue weighted by Crippen LogP contribution is 2.19. The summed E-state index contributed by atoms with van der Waals surface area (Å²) in [6.45, 7) is 24.1. The van der Waals surface area contributed by atoms with Gasteiger partial charge in [-0.2, -0.15) is 0 Å². The van der Waals surface area contributed by atoms with Crippen molar-refractivity contribution < 1.29 is 45.7 Å². The Bertz CT molecular complexity index is 965. The van der Waals surface area contributed by atoms with Gasteiger partial charge in [0.25, 0.3) is 0 Å². The second-order valence-electron chi connectivity index (χ2n) is 14.5. The molecule has 6 amide bonds. The average Bonchev–Trinajstić information content (AvgIpc) is 3.15. The molecule has 16 nitrogen and oxygen atoms in total. The van der Waals surface area contributed by atoms with Gasteiger partial charge in [0, 0.05) is 77.9 Å². The Morgan fingerprint density at radius 1 is 0.404 bits per heavy atom. The maximum atomic E-state index is 12.9. The van der Waals surface area contributed by atoms with Gasteiger partial charge in [-0.3, -0.25) is 9.59 Å². The Hall–Kier alpha value is -2.33. The molecule has 0 aliphatic carbocycles. The predicted molar refractivity (Wildman–Crippen MR) is 229 cm³/mol. The Morgan fingerprint density at radius 3 is 0.930 bits per heavy atom. The molecule has 2 atom stereocenters. The molecule has 0 aromatic carbocycles. The first-order valence-electron chi connectivity index (χ1n) is 21.8. The number of carbonyl (C=O) groups is 4. The van der Waals surface area contributed by atoms with Crippen molar-refractivity contribution in [2.45, 2.75) is 151 Å². The SMILES string of the molecule is CCO[Si](CCCNC(=O)N[C@H](C(=O)NCCCCCCCCCNC(=O)[C@@H](NC(=O)NCCC[Si](OCC)(OCC)OCC)C(C)C)C(C)C)(OCC)OCC. The third-order valence-corrected chi connectivity index (χ3v) is 15.3. The monoisotopic (exact) mass is 851 g/mol. The molecular formula is C39H82N6O10Si2. The number of nitrogens with one attached hydrogen (secondary N) is 6. The fraction of sp³-hybridized carbons (Fsp3) is 0.897. The molecule has 57 heavy (non-hydrogen) atoms. The lowest BCUT2D eigenvalue weighted by Gasteiger charge is -2.28. The zero-order chi connectivity index (χ0) is 43.0. The van der Waals surface area contributed by atoms with Crippen LogP contribution in [0.1, 0.15) is 127 Å². The number of unbranched alkanes of at least 4 members (excludes halogenated alkanes) is 6. The average molecular weight is 851 g/mol. The van der Waals surface area contributed by atoms with Gasteiger partial charge < -0.3 is 58.5 Å². The summed E-state index contributed by atoms with van der Waals surface area (Å²) in [4.78, 5) is 51.0. The number of hydrogen-bond donors (Lipinski definition) is 6. The Balaban J connectivity index is 4.31. The van der Waals surface area contributed by atoms with Gasteiger partial charge in [-0.25, -0.2) is 9.59 Å². The third-order valence-electron chi connectivity index (χ3n) is 9.00. The van der Waals surface area contributed by atoms with E-state index in [0.29, 0.717) is 90.8 Å². The Kier molecular flexibility index (Phi) is 32.1. The van der Waals surface area contributed by atoms with Crippen LogP contribution in [0.3, 0.4) is 0 Å². The zero-order valence-corrected chi connectivity index (χ0v) is 39.2. The van der Waals surface area contributed by atoms with E-state index in [-0.39, 0.29) is 35.7 Å². The smallest absolute Gasteiger partial charge is 0.374 e. The van der Waals surface area contributed by atoms with Crippen molar-refractivity contribution >= 4 is 41.5 Å². The molecule has 336 valence electrons. The summed E-state index contributed by atoms with van der Waals surface area (Å²) in [7, 11) is -5.53. The van der Waals surface area contributed by atoms with Crippen molar-refractivity contribution in [3.8, 4) is 0 Å². The second-order valence-corrected chi connectivity index (χ2v) is 19.9. The molecule has 0 heterocycles. The Labute approximate surface area is 347 Å². The Morgan fingerprint density at radius 2 is 0.667 bits per heavy atom. The van der Waals surface area contributed by atoms with Gasteiger partial charge >= 0.3 is 29.7 Å². The molecule has 18 heteroatoms. The largest absolute Gasteiger partial charge is 0.500 e. The predicted octanol–water partition coefficient (Wildman–Crippen LogP) is 5.47. The summed E-state index contributed by atoms with van der Waals surface area (Å²) in [5.74, 6) is -0.513. The highest BCUT2D eigenvalue weighted by Gasteiger charge is 2.40. The molecule has 0 saturated carbocycles. The molecule has 0 spiro atoms. The highest BCUT2D eigenvalue weighted by atomic mass is 28.4. The van der Waals surface area contributed by atoms with Crippen LogP contribution in [0.25, 0.3) is 0 Å². The minimum atomic E-state index is -2.77. The molecule has 6 N–H and O–H groups in total. The second kappa shape index (κ2) is 33.5. The van der Waals surface area contributed by atoms with Gasteiger partial charge in [-0.15, -0.1) is 0 Å². The van der Waals surface area contributed by atoms with Gasteiger partial charge in [0.05, 0.1) is 0 Å². The lowest BCUT2D eigenvalue weighted by atomic mass is 10.0. The van der Waals surface area contributed by atoms with Gasteiger partial charge in [0.2, 0.25) is 11.8 Å². The first-order valence-corrected chi connectivity index (χ1v) is 25.6. The third kappa shape index (κ3) is 25.0. The first-order chi connectivity index (χ1) is 27.3. The van der Waals surface area contributed by atoms with Crippen LogP contribution in [0.4, 0.5) is 9.59 Å². The molecule has 0 aromatic heterocycles. The molecule has 0 aliphatic heterocycles.